The Morgan fingerprint density at radius 3 is 2.46 bits per heavy atom. The number of carbonyl (C=O) groups is 2. The van der Waals surface area contributed by atoms with Crippen molar-refractivity contribution in [2.45, 2.75) is 38.5 Å². The molecule has 2 aromatic carbocycles. The van der Waals surface area contributed by atoms with Crippen molar-refractivity contribution in [1.29, 1.82) is 0 Å². The van der Waals surface area contributed by atoms with Crippen LogP contribution in [-0.2, 0) is 4.79 Å². The number of aromatic amines is 1. The second-order valence-electron chi connectivity index (χ2n) is 7.58. The van der Waals surface area contributed by atoms with Crippen LogP contribution >= 0.6 is 0 Å². The van der Waals surface area contributed by atoms with Crippen LogP contribution in [0.15, 0.2) is 48.5 Å². The predicted molar refractivity (Wildman–Crippen MR) is 109 cm³/mol. The topological polar surface area (TPSA) is 66.1 Å². The van der Waals surface area contributed by atoms with Crippen LogP contribution in [0.5, 0.6) is 0 Å². The second-order valence-corrected chi connectivity index (χ2v) is 7.58. The summed E-state index contributed by atoms with van der Waals surface area (Å²) >= 11 is 0. The third-order valence-electron chi connectivity index (χ3n) is 5.58. The molecule has 3 aromatic rings. The van der Waals surface area contributed by atoms with E-state index < -0.39 is 0 Å². The van der Waals surface area contributed by atoms with Crippen molar-refractivity contribution in [3.63, 3.8) is 0 Å². The Kier molecular flexibility index (Phi) is 5.24. The van der Waals surface area contributed by atoms with Gasteiger partial charge in [0.2, 0.25) is 5.91 Å². The summed E-state index contributed by atoms with van der Waals surface area (Å²) in [7, 11) is 0. The Morgan fingerprint density at radius 1 is 1.04 bits per heavy atom. The summed E-state index contributed by atoms with van der Waals surface area (Å²) in [4.78, 5) is 34.8. The number of H-pyrrole nitrogens is 1. The SMILES string of the molecule is Cc1ccc(C(=O)CCC(=O)N2CCC(c3nc4ccccc4[nH]3)CC2)cc1. The van der Waals surface area contributed by atoms with Gasteiger partial charge in [-0.3, -0.25) is 9.59 Å². The van der Waals surface area contributed by atoms with Crippen molar-refractivity contribution in [3.05, 3.63) is 65.5 Å². The fourth-order valence-electron chi connectivity index (χ4n) is 3.83. The maximum atomic E-state index is 12.5. The van der Waals surface area contributed by atoms with Gasteiger partial charge < -0.3 is 9.88 Å². The van der Waals surface area contributed by atoms with E-state index in [1.54, 1.807) is 0 Å². The van der Waals surface area contributed by atoms with E-state index in [0.29, 0.717) is 11.5 Å². The van der Waals surface area contributed by atoms with Gasteiger partial charge in [0.15, 0.2) is 5.78 Å². The second kappa shape index (κ2) is 7.97. The van der Waals surface area contributed by atoms with Gasteiger partial charge in [0.1, 0.15) is 5.82 Å². The van der Waals surface area contributed by atoms with Gasteiger partial charge in [-0.15, -0.1) is 0 Å². The van der Waals surface area contributed by atoms with Crippen molar-refractivity contribution < 1.29 is 9.59 Å². The molecular weight excluding hydrogens is 350 g/mol. The van der Waals surface area contributed by atoms with Gasteiger partial charge in [0.25, 0.3) is 0 Å². The number of aromatic nitrogens is 2. The van der Waals surface area contributed by atoms with Gasteiger partial charge >= 0.3 is 0 Å². The monoisotopic (exact) mass is 375 g/mol. The van der Waals surface area contributed by atoms with Crippen LogP contribution in [0.3, 0.4) is 0 Å². The number of piperidine rings is 1. The molecule has 1 saturated heterocycles. The summed E-state index contributed by atoms with van der Waals surface area (Å²) in [6, 6.07) is 15.6. The molecule has 0 atom stereocenters. The number of Topliss-reactive ketones (excluding diaryl/α,β-unsaturated/α-hetero) is 1. The van der Waals surface area contributed by atoms with E-state index in [0.717, 1.165) is 48.4 Å². The van der Waals surface area contributed by atoms with Gasteiger partial charge in [-0.05, 0) is 31.9 Å². The number of benzene rings is 2. The zero-order valence-electron chi connectivity index (χ0n) is 16.1. The van der Waals surface area contributed by atoms with Crippen molar-refractivity contribution in [2.75, 3.05) is 13.1 Å². The molecule has 1 aliphatic rings. The summed E-state index contributed by atoms with van der Waals surface area (Å²) in [6.45, 7) is 3.44. The molecule has 1 fully saturated rings. The molecule has 0 saturated carbocycles. The number of hydrogen-bond donors (Lipinski definition) is 1. The van der Waals surface area contributed by atoms with E-state index in [1.165, 1.54) is 0 Å². The van der Waals surface area contributed by atoms with Crippen molar-refractivity contribution in [1.82, 2.24) is 14.9 Å². The number of nitrogens with one attached hydrogen (secondary N) is 1. The molecule has 0 aliphatic carbocycles. The number of nitrogens with zero attached hydrogens (tertiary/aromatic N) is 2. The number of para-hydroxylation sites is 2. The van der Waals surface area contributed by atoms with E-state index in [4.69, 9.17) is 4.98 Å². The van der Waals surface area contributed by atoms with Gasteiger partial charge in [-0.2, -0.15) is 0 Å². The van der Waals surface area contributed by atoms with Crippen LogP contribution in [0.4, 0.5) is 0 Å². The standard InChI is InChI=1S/C23H25N3O2/c1-16-6-8-17(9-7-16)21(27)10-11-22(28)26-14-12-18(13-15-26)23-24-19-4-2-3-5-20(19)25-23/h2-9,18H,10-15H2,1H3,(H,24,25). The lowest BCUT2D eigenvalue weighted by Gasteiger charge is -2.31. The highest BCUT2D eigenvalue weighted by Gasteiger charge is 2.26. The van der Waals surface area contributed by atoms with Crippen LogP contribution in [0.2, 0.25) is 0 Å². The van der Waals surface area contributed by atoms with Crippen LogP contribution in [0, 0.1) is 6.92 Å². The van der Waals surface area contributed by atoms with Crippen molar-refractivity contribution >= 4 is 22.7 Å². The first kappa shape index (κ1) is 18.4. The molecule has 1 amide bonds. The fourth-order valence-corrected chi connectivity index (χ4v) is 3.83. The molecule has 1 N–H and O–H groups in total. The number of fused-ring (bicyclic) bond motifs is 1. The predicted octanol–water partition coefficient (Wildman–Crippen LogP) is 4.24. The van der Waals surface area contributed by atoms with Crippen molar-refractivity contribution in [2.24, 2.45) is 0 Å². The summed E-state index contributed by atoms with van der Waals surface area (Å²) in [5.74, 6) is 1.47. The summed E-state index contributed by atoms with van der Waals surface area (Å²) in [6.07, 6.45) is 2.35. The Hall–Kier alpha value is -2.95. The fraction of sp³-hybridized carbons (Fsp3) is 0.348. The number of ketones is 1. The third kappa shape index (κ3) is 3.98. The molecule has 144 valence electrons. The van der Waals surface area contributed by atoms with Crippen LogP contribution < -0.4 is 0 Å². The highest BCUT2D eigenvalue weighted by molar-refractivity contribution is 5.98. The van der Waals surface area contributed by atoms with E-state index in [2.05, 4.69) is 4.98 Å². The Labute approximate surface area is 164 Å². The van der Waals surface area contributed by atoms with E-state index >= 15 is 0 Å². The minimum Gasteiger partial charge on any atom is -0.343 e. The summed E-state index contributed by atoms with van der Waals surface area (Å²) in [5, 5.41) is 0. The number of likely N-dealkylation sites (tertiary alicyclic amines) is 1. The number of rotatable bonds is 5. The summed E-state index contributed by atoms with van der Waals surface area (Å²) < 4.78 is 0. The molecular formula is C23H25N3O2. The minimum absolute atomic E-state index is 0.0329. The maximum Gasteiger partial charge on any atom is 0.223 e. The lowest BCUT2D eigenvalue weighted by Crippen LogP contribution is -2.38. The number of carbonyl (C=O) groups excluding carboxylic acids is 2. The first-order valence-electron chi connectivity index (χ1n) is 9.92. The Bertz CT molecular complexity index is 950. The van der Waals surface area contributed by atoms with Crippen LogP contribution in [0.25, 0.3) is 11.0 Å². The molecule has 4 rings (SSSR count). The van der Waals surface area contributed by atoms with Gasteiger partial charge in [-0.1, -0.05) is 42.0 Å². The Balaban J connectivity index is 1.29. The normalized spacial score (nSPS) is 15.1. The molecule has 5 nitrogen and oxygen atoms in total. The first-order chi connectivity index (χ1) is 13.6. The zero-order chi connectivity index (χ0) is 19.5. The van der Waals surface area contributed by atoms with Gasteiger partial charge in [-0.25, -0.2) is 4.98 Å². The third-order valence-corrected chi connectivity index (χ3v) is 5.58. The smallest absolute Gasteiger partial charge is 0.223 e. The minimum atomic E-state index is 0.0329. The molecule has 1 aromatic heterocycles. The average molecular weight is 375 g/mol. The van der Waals surface area contributed by atoms with Crippen LogP contribution in [0.1, 0.15) is 53.3 Å². The highest BCUT2D eigenvalue weighted by atomic mass is 16.2. The number of amides is 1. The summed E-state index contributed by atoms with van der Waals surface area (Å²) in [5.41, 5.74) is 3.86. The molecule has 5 heteroatoms. The average Bonchev–Trinajstić information content (AvgIpc) is 3.16. The molecule has 0 spiro atoms. The quantitative estimate of drug-likeness (QED) is 0.678. The number of imidazole rings is 1. The van der Waals surface area contributed by atoms with Crippen molar-refractivity contribution in [3.8, 4) is 0 Å². The molecule has 28 heavy (non-hydrogen) atoms. The molecule has 0 unspecified atom stereocenters. The largest absolute Gasteiger partial charge is 0.343 e. The van der Waals surface area contributed by atoms with E-state index in [-0.39, 0.29) is 24.5 Å². The maximum absolute atomic E-state index is 12.5. The lowest BCUT2D eigenvalue weighted by atomic mass is 9.95. The molecule has 0 bridgehead atoms. The van der Waals surface area contributed by atoms with Gasteiger partial charge in [0.05, 0.1) is 11.0 Å². The highest BCUT2D eigenvalue weighted by Crippen LogP contribution is 2.28. The van der Waals surface area contributed by atoms with E-state index in [1.807, 2.05) is 60.4 Å². The number of aryl methyl sites for hydroxylation is 1. The van der Waals surface area contributed by atoms with Crippen LogP contribution in [-0.4, -0.2) is 39.6 Å². The van der Waals surface area contributed by atoms with E-state index in [9.17, 15) is 9.59 Å². The molecule has 0 radical (unpaired) electrons. The Morgan fingerprint density at radius 2 is 1.75 bits per heavy atom. The molecule has 1 aliphatic heterocycles. The number of hydrogen-bond acceptors (Lipinski definition) is 3. The lowest BCUT2D eigenvalue weighted by molar-refractivity contribution is -0.132. The first-order valence-corrected chi connectivity index (χ1v) is 9.92. The molecule has 2 heterocycles. The van der Waals surface area contributed by atoms with Gasteiger partial charge in [0, 0.05) is 37.4 Å². The zero-order valence-corrected chi connectivity index (χ0v) is 16.1.